The number of nitrogens with zero attached hydrogens (tertiary/aromatic N) is 1. The Morgan fingerprint density at radius 1 is 1.59 bits per heavy atom. The number of pyridine rings is 1. The van der Waals surface area contributed by atoms with Gasteiger partial charge in [0.2, 0.25) is 0 Å². The summed E-state index contributed by atoms with van der Waals surface area (Å²) in [5, 5.41) is 12.1. The van der Waals surface area contributed by atoms with Crippen LogP contribution in [-0.4, -0.2) is 22.1 Å². The van der Waals surface area contributed by atoms with Crippen molar-refractivity contribution in [2.24, 2.45) is 5.92 Å². The summed E-state index contributed by atoms with van der Waals surface area (Å²) in [5.41, 5.74) is 0.820. The minimum Gasteiger partial charge on any atom is -0.480 e. The lowest BCUT2D eigenvalue weighted by Gasteiger charge is -2.13. The molecule has 17 heavy (non-hydrogen) atoms. The molecule has 6 heteroatoms. The van der Waals surface area contributed by atoms with Gasteiger partial charge in [-0.2, -0.15) is 0 Å². The third-order valence-corrected chi connectivity index (χ3v) is 3.85. The number of aliphatic carboxylic acids is 1. The monoisotopic (exact) mass is 362 g/mol. The molecule has 1 aromatic heterocycles. The van der Waals surface area contributed by atoms with E-state index in [4.69, 9.17) is 5.11 Å². The number of rotatable bonds is 5. The van der Waals surface area contributed by atoms with E-state index < -0.39 is 12.0 Å². The molecule has 1 aromatic rings. The molecule has 1 saturated carbocycles. The second kappa shape index (κ2) is 5.46. The molecule has 1 aliphatic rings. The fraction of sp³-hybridized carbons (Fsp3) is 0.455. The second-order valence-corrected chi connectivity index (χ2v) is 5.89. The van der Waals surface area contributed by atoms with Gasteiger partial charge in [-0.05, 0) is 56.7 Å². The van der Waals surface area contributed by atoms with Crippen LogP contribution in [0.1, 0.15) is 18.5 Å². The molecule has 2 N–H and O–H groups in total. The maximum Gasteiger partial charge on any atom is 0.320 e. The molecule has 0 saturated heterocycles. The summed E-state index contributed by atoms with van der Waals surface area (Å²) in [4.78, 5) is 15.3. The summed E-state index contributed by atoms with van der Waals surface area (Å²) < 4.78 is 1.77. The van der Waals surface area contributed by atoms with E-state index in [1.807, 2.05) is 6.07 Å². The predicted molar refractivity (Wildman–Crippen MR) is 70.6 cm³/mol. The molecule has 1 unspecified atom stereocenters. The van der Waals surface area contributed by atoms with Gasteiger partial charge >= 0.3 is 5.97 Å². The van der Waals surface area contributed by atoms with Crippen LogP contribution >= 0.6 is 31.9 Å². The molecule has 1 heterocycles. The predicted octanol–water partition coefficient (Wildman–Crippen LogP) is 2.56. The topological polar surface area (TPSA) is 62.2 Å². The molecule has 4 nitrogen and oxygen atoms in total. The molecule has 0 aliphatic heterocycles. The average molecular weight is 364 g/mol. The first-order chi connectivity index (χ1) is 8.08. The van der Waals surface area contributed by atoms with Crippen molar-refractivity contribution in [2.45, 2.75) is 25.4 Å². The van der Waals surface area contributed by atoms with Gasteiger partial charge in [0.25, 0.3) is 0 Å². The van der Waals surface area contributed by atoms with Gasteiger partial charge in [-0.15, -0.1) is 0 Å². The summed E-state index contributed by atoms with van der Waals surface area (Å²) >= 11 is 6.73. The fourth-order valence-electron chi connectivity index (χ4n) is 1.66. The molecule has 92 valence electrons. The fourth-order valence-corrected chi connectivity index (χ4v) is 2.79. The molecule has 1 aliphatic carbocycles. The van der Waals surface area contributed by atoms with Crippen molar-refractivity contribution < 1.29 is 9.90 Å². The van der Waals surface area contributed by atoms with Gasteiger partial charge in [-0.3, -0.25) is 15.1 Å². The molecule has 0 aromatic carbocycles. The van der Waals surface area contributed by atoms with Gasteiger partial charge in [0.05, 0.1) is 5.69 Å². The van der Waals surface area contributed by atoms with Crippen LogP contribution in [0.2, 0.25) is 0 Å². The van der Waals surface area contributed by atoms with Crippen molar-refractivity contribution in [3.63, 3.8) is 0 Å². The highest BCUT2D eigenvalue weighted by molar-refractivity contribution is 9.11. The van der Waals surface area contributed by atoms with Crippen molar-refractivity contribution in [3.8, 4) is 0 Å². The van der Waals surface area contributed by atoms with Crippen molar-refractivity contribution >= 4 is 37.8 Å². The van der Waals surface area contributed by atoms with E-state index in [0.29, 0.717) is 6.54 Å². The summed E-state index contributed by atoms with van der Waals surface area (Å²) in [7, 11) is 0. The largest absolute Gasteiger partial charge is 0.480 e. The van der Waals surface area contributed by atoms with Crippen molar-refractivity contribution in [3.05, 3.63) is 26.9 Å². The van der Waals surface area contributed by atoms with Gasteiger partial charge < -0.3 is 5.11 Å². The second-order valence-electron chi connectivity index (χ2n) is 4.12. The Bertz CT molecular complexity index is 435. The number of carboxylic acids is 1. The molecular weight excluding hydrogens is 352 g/mol. The zero-order chi connectivity index (χ0) is 12.4. The summed E-state index contributed by atoms with van der Waals surface area (Å²) in [6.07, 6.45) is 3.70. The number of hydrogen-bond donors (Lipinski definition) is 2. The average Bonchev–Trinajstić information content (AvgIpc) is 3.05. The van der Waals surface area contributed by atoms with Crippen molar-refractivity contribution in [1.82, 2.24) is 10.3 Å². The normalized spacial score (nSPS) is 16.8. The Kier molecular flexibility index (Phi) is 4.17. The van der Waals surface area contributed by atoms with Crippen LogP contribution in [0, 0.1) is 5.92 Å². The lowest BCUT2D eigenvalue weighted by Crippen LogP contribution is -2.38. The number of aromatic nitrogens is 1. The van der Waals surface area contributed by atoms with E-state index in [2.05, 4.69) is 42.2 Å². The Hall–Kier alpha value is -0.460. The van der Waals surface area contributed by atoms with E-state index >= 15 is 0 Å². The number of halogens is 2. The van der Waals surface area contributed by atoms with Crippen LogP contribution in [-0.2, 0) is 11.3 Å². The van der Waals surface area contributed by atoms with Crippen LogP contribution in [0.5, 0.6) is 0 Å². The maximum atomic E-state index is 11.0. The smallest absolute Gasteiger partial charge is 0.320 e. The van der Waals surface area contributed by atoms with E-state index in [0.717, 1.165) is 27.5 Å². The Morgan fingerprint density at radius 3 is 2.82 bits per heavy atom. The third-order valence-electron chi connectivity index (χ3n) is 2.73. The quantitative estimate of drug-likeness (QED) is 0.843. The number of nitrogens with one attached hydrogen (secondary N) is 1. The zero-order valence-corrected chi connectivity index (χ0v) is 12.2. The van der Waals surface area contributed by atoms with E-state index in [1.165, 1.54) is 0 Å². The van der Waals surface area contributed by atoms with Crippen LogP contribution in [0.25, 0.3) is 0 Å². The highest BCUT2D eigenvalue weighted by atomic mass is 79.9. The Balaban J connectivity index is 1.98. The van der Waals surface area contributed by atoms with Crippen molar-refractivity contribution in [2.75, 3.05) is 0 Å². The minimum atomic E-state index is -0.777. The zero-order valence-electron chi connectivity index (χ0n) is 8.99. The first-order valence-corrected chi connectivity index (χ1v) is 6.92. The molecule has 0 amide bonds. The number of carboxylic acid groups (broad SMARTS) is 1. The highest BCUT2D eigenvalue weighted by Gasteiger charge is 2.35. The van der Waals surface area contributed by atoms with Gasteiger partial charge in [-0.1, -0.05) is 0 Å². The standard InChI is InChI=1S/C11H12Br2N2O2/c12-7-3-8(13)9(14-4-7)5-15-10(11(16)17)6-1-2-6/h3-4,6,10,15H,1-2,5H2,(H,16,17). The van der Waals surface area contributed by atoms with E-state index in [-0.39, 0.29) is 5.92 Å². The lowest BCUT2D eigenvalue weighted by molar-refractivity contribution is -0.140. The molecule has 2 rings (SSSR count). The number of carbonyl (C=O) groups is 1. The Morgan fingerprint density at radius 2 is 2.29 bits per heavy atom. The minimum absolute atomic E-state index is 0.279. The maximum absolute atomic E-state index is 11.0. The van der Waals surface area contributed by atoms with Crippen LogP contribution < -0.4 is 5.32 Å². The molecule has 1 fully saturated rings. The lowest BCUT2D eigenvalue weighted by atomic mass is 10.2. The Labute approximate surface area is 116 Å². The first-order valence-electron chi connectivity index (χ1n) is 5.34. The van der Waals surface area contributed by atoms with Gasteiger partial charge in [0.15, 0.2) is 0 Å². The van der Waals surface area contributed by atoms with Crippen LogP contribution in [0.15, 0.2) is 21.2 Å². The van der Waals surface area contributed by atoms with E-state index in [1.54, 1.807) is 6.20 Å². The SMILES string of the molecule is O=C(O)C(NCc1ncc(Br)cc1Br)C1CC1. The van der Waals surface area contributed by atoms with Gasteiger partial charge in [-0.25, -0.2) is 0 Å². The molecule has 0 bridgehead atoms. The number of hydrogen-bond acceptors (Lipinski definition) is 3. The third kappa shape index (κ3) is 3.50. The van der Waals surface area contributed by atoms with Gasteiger partial charge in [0.1, 0.15) is 6.04 Å². The summed E-state index contributed by atoms with van der Waals surface area (Å²) in [6.45, 7) is 0.460. The molecule has 0 radical (unpaired) electrons. The molecule has 1 atom stereocenters. The summed E-state index contributed by atoms with van der Waals surface area (Å²) in [6, 6.07) is 1.45. The first kappa shape index (κ1) is 13.0. The highest BCUT2D eigenvalue weighted by Crippen LogP contribution is 2.33. The molecular formula is C11H12Br2N2O2. The van der Waals surface area contributed by atoms with Crippen LogP contribution in [0.4, 0.5) is 0 Å². The summed E-state index contributed by atoms with van der Waals surface area (Å²) in [5.74, 6) is -0.498. The van der Waals surface area contributed by atoms with E-state index in [9.17, 15) is 4.79 Å². The van der Waals surface area contributed by atoms with Crippen molar-refractivity contribution in [1.29, 1.82) is 0 Å². The molecule has 0 spiro atoms. The van der Waals surface area contributed by atoms with Crippen LogP contribution in [0.3, 0.4) is 0 Å². The van der Waals surface area contributed by atoms with Gasteiger partial charge in [0, 0.05) is 21.7 Å².